The van der Waals surface area contributed by atoms with Crippen LogP contribution in [-0.2, 0) is 11.3 Å². The van der Waals surface area contributed by atoms with Gasteiger partial charge in [-0.05, 0) is 12.0 Å². The molecule has 0 aliphatic rings. The number of hydrogen-bond acceptors (Lipinski definition) is 2. The molecule has 3 heteroatoms. The normalized spacial score (nSPS) is 12.3. The Morgan fingerprint density at radius 3 is 2.62 bits per heavy atom. The minimum Gasteiger partial charge on any atom is -0.481 e. The number of benzene rings is 1. The first kappa shape index (κ1) is 12.7. The van der Waals surface area contributed by atoms with Crippen molar-refractivity contribution in [1.29, 1.82) is 0 Å². The average molecular weight is 221 g/mol. The lowest BCUT2D eigenvalue weighted by atomic mass is 10.0. The van der Waals surface area contributed by atoms with Crippen molar-refractivity contribution < 1.29 is 9.90 Å². The Hall–Kier alpha value is -1.35. The lowest BCUT2D eigenvalue weighted by Gasteiger charge is -2.12. The van der Waals surface area contributed by atoms with Gasteiger partial charge in [-0.15, -0.1) is 0 Å². The molecule has 0 saturated carbocycles. The Bertz CT molecular complexity index is 311. The Kier molecular flexibility index (Phi) is 5.57. The van der Waals surface area contributed by atoms with E-state index in [1.165, 1.54) is 5.56 Å². The molecule has 0 aliphatic heterocycles. The molecule has 1 aromatic carbocycles. The van der Waals surface area contributed by atoms with Gasteiger partial charge < -0.3 is 10.4 Å². The van der Waals surface area contributed by atoms with Crippen LogP contribution >= 0.6 is 0 Å². The summed E-state index contributed by atoms with van der Waals surface area (Å²) < 4.78 is 0. The summed E-state index contributed by atoms with van der Waals surface area (Å²) in [5.41, 5.74) is 1.18. The first-order chi connectivity index (χ1) is 7.74. The van der Waals surface area contributed by atoms with Crippen molar-refractivity contribution in [2.24, 2.45) is 5.92 Å². The van der Waals surface area contributed by atoms with Crippen LogP contribution in [0.3, 0.4) is 0 Å². The van der Waals surface area contributed by atoms with Gasteiger partial charge in [-0.3, -0.25) is 4.79 Å². The van der Waals surface area contributed by atoms with Crippen molar-refractivity contribution in [2.45, 2.75) is 26.3 Å². The highest BCUT2D eigenvalue weighted by Crippen LogP contribution is 2.05. The van der Waals surface area contributed by atoms with Crippen LogP contribution < -0.4 is 5.32 Å². The van der Waals surface area contributed by atoms with Gasteiger partial charge in [0, 0.05) is 13.1 Å². The topological polar surface area (TPSA) is 49.3 Å². The molecule has 0 aromatic heterocycles. The summed E-state index contributed by atoms with van der Waals surface area (Å²) in [6.07, 6.45) is 1.64. The van der Waals surface area contributed by atoms with E-state index >= 15 is 0 Å². The van der Waals surface area contributed by atoms with Gasteiger partial charge in [-0.25, -0.2) is 0 Å². The summed E-state index contributed by atoms with van der Waals surface area (Å²) in [6, 6.07) is 10.0. The Balaban J connectivity index is 2.31. The van der Waals surface area contributed by atoms with Gasteiger partial charge in [0.2, 0.25) is 0 Å². The SMILES string of the molecule is CCCC(CNCc1ccccc1)C(=O)O. The molecule has 0 bridgehead atoms. The Morgan fingerprint density at radius 2 is 2.06 bits per heavy atom. The predicted molar refractivity (Wildman–Crippen MR) is 64.2 cm³/mol. The van der Waals surface area contributed by atoms with Crippen molar-refractivity contribution in [3.05, 3.63) is 35.9 Å². The molecule has 88 valence electrons. The first-order valence-electron chi connectivity index (χ1n) is 5.71. The largest absolute Gasteiger partial charge is 0.481 e. The van der Waals surface area contributed by atoms with Gasteiger partial charge in [0.15, 0.2) is 0 Å². The molecule has 1 aromatic rings. The van der Waals surface area contributed by atoms with Crippen LogP contribution in [0, 0.1) is 5.92 Å². The first-order valence-corrected chi connectivity index (χ1v) is 5.71. The third-order valence-electron chi connectivity index (χ3n) is 2.55. The second kappa shape index (κ2) is 7.01. The monoisotopic (exact) mass is 221 g/mol. The fourth-order valence-electron chi connectivity index (χ4n) is 1.65. The fraction of sp³-hybridized carbons (Fsp3) is 0.462. The van der Waals surface area contributed by atoms with Gasteiger partial charge in [-0.2, -0.15) is 0 Å². The molecule has 0 radical (unpaired) electrons. The molecular weight excluding hydrogens is 202 g/mol. The molecule has 0 amide bonds. The predicted octanol–water partition coefficient (Wildman–Crippen LogP) is 2.28. The van der Waals surface area contributed by atoms with Crippen LogP contribution in [-0.4, -0.2) is 17.6 Å². The summed E-state index contributed by atoms with van der Waals surface area (Å²) in [7, 11) is 0. The van der Waals surface area contributed by atoms with Gasteiger partial charge in [-0.1, -0.05) is 43.7 Å². The second-order valence-electron chi connectivity index (χ2n) is 3.94. The highest BCUT2D eigenvalue weighted by atomic mass is 16.4. The van der Waals surface area contributed by atoms with E-state index in [0.717, 1.165) is 19.4 Å². The standard InChI is InChI=1S/C13H19NO2/c1-2-6-12(13(15)16)10-14-9-11-7-4-3-5-8-11/h3-5,7-8,12,14H,2,6,9-10H2,1H3,(H,15,16). The summed E-state index contributed by atoms with van der Waals surface area (Å²) >= 11 is 0. The second-order valence-corrected chi connectivity index (χ2v) is 3.94. The summed E-state index contributed by atoms with van der Waals surface area (Å²) in [6.45, 7) is 3.28. The van der Waals surface area contributed by atoms with E-state index in [9.17, 15) is 4.79 Å². The zero-order valence-electron chi connectivity index (χ0n) is 9.65. The van der Waals surface area contributed by atoms with Gasteiger partial charge in [0.25, 0.3) is 0 Å². The molecule has 1 atom stereocenters. The number of carboxylic acids is 1. The van der Waals surface area contributed by atoms with Crippen LogP contribution in [0.1, 0.15) is 25.3 Å². The number of rotatable bonds is 7. The van der Waals surface area contributed by atoms with Crippen LogP contribution in [0.15, 0.2) is 30.3 Å². The van der Waals surface area contributed by atoms with E-state index in [4.69, 9.17) is 5.11 Å². The number of aliphatic carboxylic acids is 1. The van der Waals surface area contributed by atoms with Crippen molar-refractivity contribution in [3.8, 4) is 0 Å². The molecule has 2 N–H and O–H groups in total. The number of carbonyl (C=O) groups is 1. The Morgan fingerprint density at radius 1 is 1.38 bits per heavy atom. The van der Waals surface area contributed by atoms with Crippen molar-refractivity contribution in [1.82, 2.24) is 5.32 Å². The maximum atomic E-state index is 10.9. The molecular formula is C13H19NO2. The van der Waals surface area contributed by atoms with E-state index in [0.29, 0.717) is 6.54 Å². The average Bonchev–Trinajstić information content (AvgIpc) is 2.29. The molecule has 0 saturated heterocycles. The number of nitrogens with one attached hydrogen (secondary N) is 1. The van der Waals surface area contributed by atoms with Crippen molar-refractivity contribution in [3.63, 3.8) is 0 Å². The minimum absolute atomic E-state index is 0.270. The van der Waals surface area contributed by atoms with E-state index in [2.05, 4.69) is 5.32 Å². The van der Waals surface area contributed by atoms with Gasteiger partial charge >= 0.3 is 5.97 Å². The molecule has 1 rings (SSSR count). The molecule has 0 fully saturated rings. The van der Waals surface area contributed by atoms with Crippen LogP contribution in [0.5, 0.6) is 0 Å². The number of hydrogen-bond donors (Lipinski definition) is 2. The minimum atomic E-state index is -0.706. The third-order valence-corrected chi connectivity index (χ3v) is 2.55. The fourth-order valence-corrected chi connectivity index (χ4v) is 1.65. The lowest BCUT2D eigenvalue weighted by Crippen LogP contribution is -2.28. The molecule has 16 heavy (non-hydrogen) atoms. The quantitative estimate of drug-likeness (QED) is 0.742. The molecule has 0 aliphatic carbocycles. The summed E-state index contributed by atoms with van der Waals surface area (Å²) in [4.78, 5) is 10.9. The third kappa shape index (κ3) is 4.45. The smallest absolute Gasteiger partial charge is 0.307 e. The van der Waals surface area contributed by atoms with Gasteiger partial charge in [0.05, 0.1) is 5.92 Å². The highest BCUT2D eigenvalue weighted by Gasteiger charge is 2.15. The van der Waals surface area contributed by atoms with E-state index in [1.807, 2.05) is 37.3 Å². The lowest BCUT2D eigenvalue weighted by molar-refractivity contribution is -0.141. The van der Waals surface area contributed by atoms with E-state index in [-0.39, 0.29) is 5.92 Å². The van der Waals surface area contributed by atoms with Crippen molar-refractivity contribution >= 4 is 5.97 Å². The van der Waals surface area contributed by atoms with Crippen LogP contribution in [0.25, 0.3) is 0 Å². The van der Waals surface area contributed by atoms with Crippen LogP contribution in [0.4, 0.5) is 0 Å². The maximum absolute atomic E-state index is 10.9. The van der Waals surface area contributed by atoms with Gasteiger partial charge in [0.1, 0.15) is 0 Å². The number of carboxylic acid groups (broad SMARTS) is 1. The molecule has 0 spiro atoms. The zero-order valence-corrected chi connectivity index (χ0v) is 9.65. The molecule has 1 unspecified atom stereocenters. The summed E-state index contributed by atoms with van der Waals surface area (Å²) in [5, 5.41) is 12.1. The molecule has 3 nitrogen and oxygen atoms in total. The summed E-state index contributed by atoms with van der Waals surface area (Å²) in [5.74, 6) is -0.976. The van der Waals surface area contributed by atoms with E-state index < -0.39 is 5.97 Å². The molecule has 0 heterocycles. The highest BCUT2D eigenvalue weighted by molar-refractivity contribution is 5.70. The Labute approximate surface area is 96.5 Å². The van der Waals surface area contributed by atoms with Crippen LogP contribution in [0.2, 0.25) is 0 Å². The zero-order chi connectivity index (χ0) is 11.8. The van der Waals surface area contributed by atoms with Crippen molar-refractivity contribution in [2.75, 3.05) is 6.54 Å². The van der Waals surface area contributed by atoms with E-state index in [1.54, 1.807) is 0 Å². The maximum Gasteiger partial charge on any atom is 0.307 e.